The molecule has 0 fully saturated rings. The zero-order valence-corrected chi connectivity index (χ0v) is 22.1. The number of rotatable bonds is 7. The molecular weight excluding hydrogens is 554 g/mol. The number of benzene rings is 3. The van der Waals surface area contributed by atoms with Gasteiger partial charge >= 0.3 is 12.2 Å². The highest BCUT2D eigenvalue weighted by molar-refractivity contribution is 6.03. The van der Waals surface area contributed by atoms with Gasteiger partial charge in [0.25, 0.3) is 11.9 Å². The Morgan fingerprint density at radius 2 is 1.71 bits per heavy atom. The first kappa shape index (κ1) is 28.5. The summed E-state index contributed by atoms with van der Waals surface area (Å²) in [4.78, 5) is 27.2. The van der Waals surface area contributed by atoms with Crippen LogP contribution >= 0.6 is 0 Å². The maximum atomic E-state index is 14.5. The molecule has 1 aliphatic carbocycles. The van der Waals surface area contributed by atoms with Crippen molar-refractivity contribution in [2.45, 2.75) is 38.4 Å². The van der Waals surface area contributed by atoms with Crippen molar-refractivity contribution in [2.24, 2.45) is 0 Å². The number of carbonyl (C=O) groups excluding carboxylic acids is 2. The SMILES string of the molecule is O=C(Nc1nn[nH]n1)c1ccc(CN(C(=O)Nc2cc(C(F)(F)F)ccc2F)c2ccc(C3=CCCCC3)cc2)cc1. The van der Waals surface area contributed by atoms with Gasteiger partial charge in [-0.2, -0.15) is 18.4 Å². The third-order valence-corrected chi connectivity index (χ3v) is 6.75. The summed E-state index contributed by atoms with van der Waals surface area (Å²) in [6.07, 6.45) is 1.65. The van der Waals surface area contributed by atoms with Crippen LogP contribution in [0.4, 0.5) is 39.7 Å². The van der Waals surface area contributed by atoms with Crippen LogP contribution in [0.5, 0.6) is 0 Å². The van der Waals surface area contributed by atoms with Crippen LogP contribution in [-0.4, -0.2) is 32.6 Å². The van der Waals surface area contributed by atoms with Crippen molar-refractivity contribution in [3.8, 4) is 0 Å². The number of alkyl halides is 3. The monoisotopic (exact) mass is 579 g/mol. The Bertz CT molecular complexity index is 1590. The molecule has 3 aromatic carbocycles. The van der Waals surface area contributed by atoms with E-state index in [-0.39, 0.29) is 18.1 Å². The first-order chi connectivity index (χ1) is 20.2. The van der Waals surface area contributed by atoms with Crippen LogP contribution in [0, 0.1) is 5.82 Å². The standard InChI is InChI=1S/C29H25F4N7O2/c30-24-15-12-22(29(31,32)33)16-25(24)34-28(42)40(23-13-10-20(11-14-23)19-4-2-1-3-5-19)17-18-6-8-21(9-7-18)26(41)35-27-36-38-39-37-27/h4,6-16H,1-3,5,17H2,(H,34,42)(H2,35,36,37,38,39,41). The van der Waals surface area contributed by atoms with Gasteiger partial charge in [0.1, 0.15) is 5.82 Å². The number of aromatic amines is 1. The summed E-state index contributed by atoms with van der Waals surface area (Å²) in [5, 5.41) is 17.7. The number of amides is 3. The molecule has 0 unspecified atom stereocenters. The number of halogens is 4. The van der Waals surface area contributed by atoms with Crippen molar-refractivity contribution in [3.63, 3.8) is 0 Å². The number of nitrogens with one attached hydrogen (secondary N) is 3. The van der Waals surface area contributed by atoms with E-state index < -0.39 is 35.2 Å². The predicted molar refractivity (Wildman–Crippen MR) is 148 cm³/mol. The largest absolute Gasteiger partial charge is 0.416 e. The fourth-order valence-electron chi connectivity index (χ4n) is 4.55. The molecular formula is C29H25F4N7O2. The molecule has 42 heavy (non-hydrogen) atoms. The predicted octanol–water partition coefficient (Wildman–Crippen LogP) is 6.81. The molecule has 3 amide bonds. The molecule has 3 N–H and O–H groups in total. The van der Waals surface area contributed by atoms with E-state index in [1.807, 2.05) is 12.1 Å². The highest BCUT2D eigenvalue weighted by Crippen LogP contribution is 2.33. The van der Waals surface area contributed by atoms with E-state index in [2.05, 4.69) is 37.3 Å². The Hall–Kier alpha value is -5.07. The van der Waals surface area contributed by atoms with Gasteiger partial charge in [-0.1, -0.05) is 35.4 Å². The normalized spacial score (nSPS) is 13.3. The highest BCUT2D eigenvalue weighted by atomic mass is 19.4. The van der Waals surface area contributed by atoms with E-state index in [1.54, 1.807) is 24.3 Å². The number of aromatic nitrogens is 4. The molecule has 0 saturated carbocycles. The summed E-state index contributed by atoms with van der Waals surface area (Å²) in [5.74, 6) is -1.49. The second-order valence-corrected chi connectivity index (χ2v) is 9.62. The van der Waals surface area contributed by atoms with Crippen molar-refractivity contribution < 1.29 is 27.2 Å². The number of anilines is 3. The zero-order valence-electron chi connectivity index (χ0n) is 22.1. The number of carbonyl (C=O) groups is 2. The fourth-order valence-corrected chi connectivity index (χ4v) is 4.55. The molecule has 0 bridgehead atoms. The van der Waals surface area contributed by atoms with Crippen LogP contribution in [0.25, 0.3) is 5.57 Å². The zero-order chi connectivity index (χ0) is 29.7. The Morgan fingerprint density at radius 1 is 0.952 bits per heavy atom. The minimum atomic E-state index is -4.71. The third-order valence-electron chi connectivity index (χ3n) is 6.75. The lowest BCUT2D eigenvalue weighted by atomic mass is 9.93. The number of urea groups is 1. The van der Waals surface area contributed by atoms with Crippen LogP contribution < -0.4 is 15.5 Å². The summed E-state index contributed by atoms with van der Waals surface area (Å²) in [6, 6.07) is 14.5. The Balaban J connectivity index is 1.40. The maximum absolute atomic E-state index is 14.5. The van der Waals surface area contributed by atoms with Gasteiger partial charge in [0, 0.05) is 11.3 Å². The third kappa shape index (κ3) is 6.79. The van der Waals surface area contributed by atoms with E-state index in [4.69, 9.17) is 0 Å². The number of H-pyrrole nitrogens is 1. The summed E-state index contributed by atoms with van der Waals surface area (Å²) in [5.41, 5.74) is 1.87. The quantitative estimate of drug-likeness (QED) is 0.208. The minimum absolute atomic E-state index is 0.00110. The van der Waals surface area contributed by atoms with Crippen molar-refractivity contribution in [1.82, 2.24) is 20.6 Å². The van der Waals surface area contributed by atoms with Gasteiger partial charge in [0.2, 0.25) is 0 Å². The molecule has 9 nitrogen and oxygen atoms in total. The average molecular weight is 580 g/mol. The number of hydrogen-bond donors (Lipinski definition) is 3. The Kier molecular flexibility index (Phi) is 8.27. The number of nitrogens with zero attached hydrogens (tertiary/aromatic N) is 4. The first-order valence-corrected chi connectivity index (χ1v) is 13.1. The summed E-state index contributed by atoms with van der Waals surface area (Å²) < 4.78 is 54.2. The van der Waals surface area contributed by atoms with Gasteiger partial charge in [0.05, 0.1) is 17.8 Å². The molecule has 1 heterocycles. The molecule has 13 heteroatoms. The van der Waals surface area contributed by atoms with E-state index in [1.165, 1.54) is 22.6 Å². The topological polar surface area (TPSA) is 116 Å². The van der Waals surface area contributed by atoms with Gasteiger partial charge in [-0.05, 0) is 90.1 Å². The molecule has 0 spiro atoms. The lowest BCUT2D eigenvalue weighted by molar-refractivity contribution is -0.137. The second-order valence-electron chi connectivity index (χ2n) is 9.62. The van der Waals surface area contributed by atoms with E-state index in [9.17, 15) is 27.2 Å². The summed E-state index contributed by atoms with van der Waals surface area (Å²) in [6.45, 7) is -0.0266. The van der Waals surface area contributed by atoms with Gasteiger partial charge < -0.3 is 5.32 Å². The maximum Gasteiger partial charge on any atom is 0.416 e. The van der Waals surface area contributed by atoms with Crippen LogP contribution in [-0.2, 0) is 12.7 Å². The minimum Gasteiger partial charge on any atom is -0.305 e. The van der Waals surface area contributed by atoms with Crippen LogP contribution in [0.2, 0.25) is 0 Å². The van der Waals surface area contributed by atoms with Gasteiger partial charge in [-0.15, -0.1) is 5.10 Å². The average Bonchev–Trinajstić information content (AvgIpc) is 3.50. The number of hydrogen-bond acceptors (Lipinski definition) is 5. The van der Waals surface area contributed by atoms with Crippen LogP contribution in [0.1, 0.15) is 52.7 Å². The van der Waals surface area contributed by atoms with Crippen LogP contribution in [0.15, 0.2) is 72.8 Å². The smallest absolute Gasteiger partial charge is 0.305 e. The Morgan fingerprint density at radius 3 is 2.36 bits per heavy atom. The second kappa shape index (κ2) is 12.2. The molecule has 1 aliphatic rings. The molecule has 1 aromatic heterocycles. The van der Waals surface area contributed by atoms with E-state index in [0.717, 1.165) is 31.2 Å². The summed E-state index contributed by atoms with van der Waals surface area (Å²) >= 11 is 0. The Labute approximate surface area is 237 Å². The fraction of sp³-hybridized carbons (Fsp3) is 0.207. The van der Waals surface area contributed by atoms with Crippen molar-refractivity contribution in [3.05, 3.63) is 101 Å². The van der Waals surface area contributed by atoms with Crippen molar-refractivity contribution >= 4 is 34.8 Å². The molecule has 0 saturated heterocycles. The molecule has 4 aromatic rings. The van der Waals surface area contributed by atoms with E-state index in [0.29, 0.717) is 29.4 Å². The first-order valence-electron chi connectivity index (χ1n) is 13.1. The molecule has 0 aliphatic heterocycles. The number of tetrazole rings is 1. The lowest BCUT2D eigenvalue weighted by Crippen LogP contribution is -2.35. The van der Waals surface area contributed by atoms with Crippen LogP contribution in [0.3, 0.4) is 0 Å². The molecule has 216 valence electrons. The lowest BCUT2D eigenvalue weighted by Gasteiger charge is -2.24. The van der Waals surface area contributed by atoms with Gasteiger partial charge in [0.15, 0.2) is 0 Å². The summed E-state index contributed by atoms with van der Waals surface area (Å²) in [7, 11) is 0. The van der Waals surface area contributed by atoms with E-state index >= 15 is 0 Å². The van der Waals surface area contributed by atoms with Crippen molar-refractivity contribution in [2.75, 3.05) is 15.5 Å². The molecule has 0 radical (unpaired) electrons. The van der Waals surface area contributed by atoms with Gasteiger partial charge in [-0.25, -0.2) is 9.18 Å². The highest BCUT2D eigenvalue weighted by Gasteiger charge is 2.31. The number of allylic oxidation sites excluding steroid dienone is 2. The molecule has 0 atom stereocenters. The van der Waals surface area contributed by atoms with Gasteiger partial charge in [-0.3, -0.25) is 15.0 Å². The van der Waals surface area contributed by atoms with Crippen molar-refractivity contribution in [1.29, 1.82) is 0 Å². The molecule has 5 rings (SSSR count).